The molecule has 1 aromatic carbocycles. The van der Waals surface area contributed by atoms with Crippen molar-refractivity contribution >= 4 is 17.8 Å². The summed E-state index contributed by atoms with van der Waals surface area (Å²) in [6, 6.07) is 2.92. The van der Waals surface area contributed by atoms with E-state index in [1.54, 1.807) is 12.1 Å². The molecule has 2 aromatic rings. The van der Waals surface area contributed by atoms with Gasteiger partial charge >= 0.3 is 18.4 Å². The number of urea groups is 1. The highest BCUT2D eigenvalue weighted by molar-refractivity contribution is 5.90. The van der Waals surface area contributed by atoms with Crippen LogP contribution >= 0.6 is 0 Å². The van der Waals surface area contributed by atoms with Crippen LogP contribution in [0.25, 0.3) is 6.08 Å². The third-order valence-corrected chi connectivity index (χ3v) is 2.85. The van der Waals surface area contributed by atoms with Gasteiger partial charge in [-0.2, -0.15) is 26.3 Å². The van der Waals surface area contributed by atoms with Crippen LogP contribution in [0.2, 0.25) is 0 Å². The number of benzene rings is 1. The second-order valence-electron chi connectivity index (χ2n) is 4.74. The fraction of sp³-hybridized carbons (Fsp3) is 0.133. The Morgan fingerprint density at radius 1 is 1.00 bits per heavy atom. The zero-order valence-corrected chi connectivity index (χ0v) is 12.2. The smallest absolute Gasteiger partial charge is 0.416 e. The summed E-state index contributed by atoms with van der Waals surface area (Å²) in [5.41, 5.74) is -3.70. The molecule has 0 fully saturated rings. The van der Waals surface area contributed by atoms with Gasteiger partial charge in [0, 0.05) is 11.9 Å². The molecule has 10 heteroatoms. The van der Waals surface area contributed by atoms with Crippen molar-refractivity contribution in [3.05, 3.63) is 59.7 Å². The zero-order chi connectivity index (χ0) is 18.7. The van der Waals surface area contributed by atoms with Gasteiger partial charge in [-0.25, -0.2) is 4.79 Å². The van der Waals surface area contributed by atoms with Gasteiger partial charge in [-0.3, -0.25) is 0 Å². The highest BCUT2D eigenvalue weighted by Gasteiger charge is 2.37. The molecule has 0 saturated carbocycles. The van der Waals surface area contributed by atoms with Crippen molar-refractivity contribution in [2.75, 3.05) is 5.32 Å². The van der Waals surface area contributed by atoms with Gasteiger partial charge in [0.2, 0.25) is 0 Å². The molecule has 0 unspecified atom stereocenters. The van der Waals surface area contributed by atoms with E-state index in [0.717, 1.165) is 6.20 Å². The summed E-state index contributed by atoms with van der Waals surface area (Å²) in [4.78, 5) is 11.6. The average molecular weight is 364 g/mol. The largest absolute Gasteiger partial charge is 0.465 e. The summed E-state index contributed by atoms with van der Waals surface area (Å²) >= 11 is 0. The van der Waals surface area contributed by atoms with Crippen molar-refractivity contribution < 1.29 is 35.6 Å². The second kappa shape index (κ2) is 6.91. The van der Waals surface area contributed by atoms with E-state index in [0.29, 0.717) is 17.9 Å². The highest BCUT2D eigenvalue weighted by atomic mass is 19.4. The number of amides is 2. The summed E-state index contributed by atoms with van der Waals surface area (Å²) in [5, 5.41) is 4.05. The van der Waals surface area contributed by atoms with Crippen LogP contribution in [0.4, 0.5) is 36.8 Å². The highest BCUT2D eigenvalue weighted by Crippen LogP contribution is 2.37. The van der Waals surface area contributed by atoms with Crippen molar-refractivity contribution in [3.8, 4) is 0 Å². The van der Waals surface area contributed by atoms with E-state index >= 15 is 0 Å². The lowest BCUT2D eigenvalue weighted by molar-refractivity contribution is -0.143. The number of nitrogens with one attached hydrogen (secondary N) is 2. The Hall–Kier alpha value is -2.91. The minimum atomic E-state index is -4.99. The van der Waals surface area contributed by atoms with Gasteiger partial charge in [-0.15, -0.1) is 0 Å². The van der Waals surface area contributed by atoms with Crippen molar-refractivity contribution in [3.63, 3.8) is 0 Å². The van der Waals surface area contributed by atoms with Gasteiger partial charge in [0.15, 0.2) is 0 Å². The minimum absolute atomic E-state index is 0.0279. The maximum atomic E-state index is 12.7. The van der Waals surface area contributed by atoms with E-state index in [9.17, 15) is 31.1 Å². The van der Waals surface area contributed by atoms with Gasteiger partial charge < -0.3 is 15.1 Å². The number of carbonyl (C=O) groups excluding carboxylic acids is 1. The Kier molecular flexibility index (Phi) is 5.10. The first kappa shape index (κ1) is 18.4. The first-order valence-corrected chi connectivity index (χ1v) is 6.63. The molecule has 2 rings (SSSR count). The molecule has 0 atom stereocenters. The first-order valence-electron chi connectivity index (χ1n) is 6.63. The van der Waals surface area contributed by atoms with E-state index in [1.165, 1.54) is 12.3 Å². The van der Waals surface area contributed by atoms with Crippen molar-refractivity contribution in [1.82, 2.24) is 5.32 Å². The molecule has 134 valence electrons. The Morgan fingerprint density at radius 2 is 1.60 bits per heavy atom. The van der Waals surface area contributed by atoms with Crippen LogP contribution in [0.15, 0.2) is 47.2 Å². The third kappa shape index (κ3) is 5.30. The van der Waals surface area contributed by atoms with Gasteiger partial charge in [0.1, 0.15) is 5.76 Å². The third-order valence-electron chi connectivity index (χ3n) is 2.85. The lowest BCUT2D eigenvalue weighted by atomic mass is 10.1. The second-order valence-corrected chi connectivity index (χ2v) is 4.74. The molecule has 0 bridgehead atoms. The van der Waals surface area contributed by atoms with Crippen LogP contribution < -0.4 is 10.6 Å². The first-order chi connectivity index (χ1) is 11.6. The summed E-state index contributed by atoms with van der Waals surface area (Å²) in [5.74, 6) is 0.388. The van der Waals surface area contributed by atoms with Crippen LogP contribution in [0.3, 0.4) is 0 Å². The predicted octanol–water partition coefficient (Wildman–Crippen LogP) is 5.11. The summed E-state index contributed by atoms with van der Waals surface area (Å²) in [6.45, 7) is 0. The Bertz CT molecular complexity index is 731. The van der Waals surface area contributed by atoms with E-state index in [2.05, 4.69) is 5.32 Å². The summed E-state index contributed by atoms with van der Waals surface area (Å²) < 4.78 is 81.2. The fourth-order valence-electron chi connectivity index (χ4n) is 1.78. The van der Waals surface area contributed by atoms with Gasteiger partial charge in [0.25, 0.3) is 0 Å². The number of hydrogen-bond acceptors (Lipinski definition) is 2. The molecule has 0 saturated heterocycles. The predicted molar refractivity (Wildman–Crippen MR) is 76.3 cm³/mol. The van der Waals surface area contributed by atoms with Gasteiger partial charge in [-0.1, -0.05) is 0 Å². The molecule has 25 heavy (non-hydrogen) atoms. The van der Waals surface area contributed by atoms with Crippen LogP contribution in [0.5, 0.6) is 0 Å². The molecule has 2 N–H and O–H groups in total. The lowest BCUT2D eigenvalue weighted by Gasteiger charge is -2.14. The zero-order valence-electron chi connectivity index (χ0n) is 12.2. The molecule has 0 aliphatic heterocycles. The number of halogens is 6. The van der Waals surface area contributed by atoms with Crippen LogP contribution in [0, 0.1) is 0 Å². The molecule has 4 nitrogen and oxygen atoms in total. The molecule has 0 aliphatic rings. The molecular weight excluding hydrogens is 354 g/mol. The number of carbonyl (C=O) groups is 1. The van der Waals surface area contributed by atoms with E-state index in [1.807, 2.05) is 5.32 Å². The maximum Gasteiger partial charge on any atom is 0.416 e. The molecule has 1 heterocycles. The topological polar surface area (TPSA) is 54.3 Å². The molecular formula is C15H10F6N2O2. The normalized spacial score (nSPS) is 12.4. The standard InChI is InChI=1S/C15H10F6N2O2/c16-14(17,18)9-6-10(15(19,20)21)8-11(7-9)23-13(24)22-4-3-12-2-1-5-25-12/h1-8H,(H2,22,23,24)/b4-3+. The van der Waals surface area contributed by atoms with E-state index in [4.69, 9.17) is 4.42 Å². The van der Waals surface area contributed by atoms with Crippen molar-refractivity contribution in [1.29, 1.82) is 0 Å². The van der Waals surface area contributed by atoms with E-state index < -0.39 is 35.2 Å². The Balaban J connectivity index is 2.16. The summed E-state index contributed by atoms with van der Waals surface area (Å²) in [7, 11) is 0. The number of alkyl halides is 6. The van der Waals surface area contributed by atoms with Crippen molar-refractivity contribution in [2.24, 2.45) is 0 Å². The number of hydrogen-bond donors (Lipinski definition) is 2. The maximum absolute atomic E-state index is 12.7. The number of rotatable bonds is 3. The van der Waals surface area contributed by atoms with Crippen LogP contribution in [-0.4, -0.2) is 6.03 Å². The molecule has 0 spiro atoms. The monoisotopic (exact) mass is 364 g/mol. The molecule has 2 amide bonds. The molecule has 0 aliphatic carbocycles. The summed E-state index contributed by atoms with van der Waals surface area (Å²) in [6.07, 6.45) is -6.15. The van der Waals surface area contributed by atoms with Crippen molar-refractivity contribution in [2.45, 2.75) is 12.4 Å². The molecule has 1 aromatic heterocycles. The number of anilines is 1. The Labute approximate surface area is 137 Å². The Morgan fingerprint density at radius 3 is 2.08 bits per heavy atom. The fourth-order valence-corrected chi connectivity index (χ4v) is 1.78. The van der Waals surface area contributed by atoms with Gasteiger partial charge in [-0.05, 0) is 36.4 Å². The SMILES string of the molecule is O=C(N/C=C/c1ccco1)Nc1cc(C(F)(F)F)cc(C(F)(F)F)c1. The quantitative estimate of drug-likeness (QED) is 0.744. The van der Waals surface area contributed by atoms with E-state index in [-0.39, 0.29) is 6.07 Å². The van der Waals surface area contributed by atoms with Gasteiger partial charge in [0.05, 0.1) is 17.4 Å². The van der Waals surface area contributed by atoms with Crippen LogP contribution in [0.1, 0.15) is 16.9 Å². The number of furan rings is 1. The minimum Gasteiger partial charge on any atom is -0.465 e. The average Bonchev–Trinajstić information content (AvgIpc) is 2.98. The van der Waals surface area contributed by atoms with Crippen LogP contribution in [-0.2, 0) is 12.4 Å². The lowest BCUT2D eigenvalue weighted by Crippen LogP contribution is -2.24. The molecule has 0 radical (unpaired) electrons.